The lowest BCUT2D eigenvalue weighted by molar-refractivity contribution is 0.210. The fraction of sp³-hybridized carbons (Fsp3) is 0.625. The zero-order valence-corrected chi connectivity index (χ0v) is 13.9. The van der Waals surface area contributed by atoms with Crippen LogP contribution in [0.1, 0.15) is 49.4 Å². The van der Waals surface area contributed by atoms with Crippen molar-refractivity contribution in [3.05, 3.63) is 23.5 Å². The molecule has 0 N–H and O–H groups in total. The Morgan fingerprint density at radius 2 is 1.65 bits per heavy atom. The highest BCUT2D eigenvalue weighted by Gasteiger charge is 2.36. The van der Waals surface area contributed by atoms with E-state index in [1.807, 2.05) is 0 Å². The van der Waals surface area contributed by atoms with Crippen molar-refractivity contribution < 1.29 is 13.9 Å². The molecule has 1 fully saturated rings. The van der Waals surface area contributed by atoms with E-state index in [2.05, 4.69) is 22.9 Å². The van der Waals surface area contributed by atoms with Gasteiger partial charge in [0, 0.05) is 16.5 Å². The van der Waals surface area contributed by atoms with Crippen LogP contribution in [0, 0.1) is 11.2 Å². The van der Waals surface area contributed by atoms with Crippen LogP contribution in [0.25, 0.3) is 0 Å². The molecule has 0 amide bonds. The van der Waals surface area contributed by atoms with E-state index in [0.717, 1.165) is 12.8 Å². The Bertz CT molecular complexity index is 470. The molecule has 2 rings (SSSR count). The average molecular weight is 345 g/mol. The van der Waals surface area contributed by atoms with Crippen molar-refractivity contribution in [3.8, 4) is 11.5 Å². The molecule has 4 heteroatoms. The predicted octanol–water partition coefficient (Wildman–Crippen LogP) is 5.25. The maximum Gasteiger partial charge on any atom is 0.163 e. The molecule has 1 aliphatic rings. The van der Waals surface area contributed by atoms with Crippen LogP contribution in [0.3, 0.4) is 0 Å². The second kappa shape index (κ2) is 6.33. The molecule has 1 aromatic rings. The number of ether oxygens (including phenoxy) is 2. The normalized spacial score (nSPS) is 19.4. The second-order valence-electron chi connectivity index (χ2n) is 5.81. The second-order valence-corrected chi connectivity index (χ2v) is 6.72. The van der Waals surface area contributed by atoms with Gasteiger partial charge in [-0.3, -0.25) is 0 Å². The molecule has 112 valence electrons. The first-order chi connectivity index (χ1) is 9.51. The van der Waals surface area contributed by atoms with Crippen molar-refractivity contribution in [3.63, 3.8) is 0 Å². The topological polar surface area (TPSA) is 18.5 Å². The van der Waals surface area contributed by atoms with Crippen LogP contribution < -0.4 is 9.47 Å². The summed E-state index contributed by atoms with van der Waals surface area (Å²) in [5.41, 5.74) is 0.755. The molecule has 0 aromatic heterocycles. The van der Waals surface area contributed by atoms with Crippen LogP contribution >= 0.6 is 15.9 Å². The Morgan fingerprint density at radius 3 is 2.20 bits per heavy atom. The number of benzene rings is 1. The zero-order chi connectivity index (χ0) is 14.8. The van der Waals surface area contributed by atoms with Gasteiger partial charge in [0.2, 0.25) is 0 Å². The van der Waals surface area contributed by atoms with Crippen LogP contribution in [0.2, 0.25) is 0 Å². The van der Waals surface area contributed by atoms with Crippen molar-refractivity contribution in [1.82, 2.24) is 0 Å². The molecular weight excluding hydrogens is 323 g/mol. The van der Waals surface area contributed by atoms with Gasteiger partial charge in [-0.2, -0.15) is 0 Å². The molecule has 1 atom stereocenters. The van der Waals surface area contributed by atoms with E-state index in [1.54, 1.807) is 13.2 Å². The first-order valence-electron chi connectivity index (χ1n) is 7.07. The lowest BCUT2D eigenvalue weighted by Crippen LogP contribution is -2.25. The SMILES string of the molecule is COc1cc(F)c(C(Br)C2(C)CCCCC2)cc1OC. The minimum atomic E-state index is -0.240. The summed E-state index contributed by atoms with van der Waals surface area (Å²) in [4.78, 5) is -0.00453. The molecular formula is C16H22BrFO2. The summed E-state index contributed by atoms with van der Waals surface area (Å²) in [7, 11) is 3.09. The summed E-state index contributed by atoms with van der Waals surface area (Å²) in [6, 6.07) is 3.17. The number of alkyl halides is 1. The first kappa shape index (κ1) is 15.6. The van der Waals surface area contributed by atoms with Crippen LogP contribution in [0.4, 0.5) is 4.39 Å². The third kappa shape index (κ3) is 2.95. The third-order valence-electron chi connectivity index (χ3n) is 4.38. The highest BCUT2D eigenvalue weighted by molar-refractivity contribution is 9.09. The molecule has 1 aromatic carbocycles. The first-order valence-corrected chi connectivity index (χ1v) is 7.99. The average Bonchev–Trinajstić information content (AvgIpc) is 2.47. The summed E-state index contributed by atoms with van der Waals surface area (Å²) in [5.74, 6) is 0.770. The maximum atomic E-state index is 14.4. The minimum Gasteiger partial charge on any atom is -0.493 e. The minimum absolute atomic E-state index is 0.00453. The maximum absolute atomic E-state index is 14.4. The van der Waals surface area contributed by atoms with E-state index in [0.29, 0.717) is 17.1 Å². The summed E-state index contributed by atoms with van der Waals surface area (Å²) in [5, 5.41) is 0. The van der Waals surface area contributed by atoms with E-state index in [4.69, 9.17) is 9.47 Å². The quantitative estimate of drug-likeness (QED) is 0.694. The van der Waals surface area contributed by atoms with Crippen molar-refractivity contribution in [2.75, 3.05) is 14.2 Å². The Labute approximate surface area is 128 Å². The number of methoxy groups -OCH3 is 2. The van der Waals surface area contributed by atoms with Gasteiger partial charge in [0.15, 0.2) is 11.5 Å². The Morgan fingerprint density at radius 1 is 1.10 bits per heavy atom. The Balaban J connectivity index is 2.36. The van der Waals surface area contributed by atoms with Gasteiger partial charge in [-0.05, 0) is 24.3 Å². The van der Waals surface area contributed by atoms with Crippen molar-refractivity contribution in [1.29, 1.82) is 0 Å². The van der Waals surface area contributed by atoms with E-state index in [-0.39, 0.29) is 16.1 Å². The summed E-state index contributed by atoms with van der Waals surface area (Å²) < 4.78 is 24.8. The number of halogens is 2. The van der Waals surface area contributed by atoms with Gasteiger partial charge in [0.05, 0.1) is 14.2 Å². The molecule has 0 spiro atoms. The molecule has 20 heavy (non-hydrogen) atoms. The van der Waals surface area contributed by atoms with Crippen LogP contribution in [0.15, 0.2) is 12.1 Å². The van der Waals surface area contributed by atoms with Gasteiger partial charge in [-0.15, -0.1) is 0 Å². The third-order valence-corrected chi connectivity index (χ3v) is 5.98. The summed E-state index contributed by atoms with van der Waals surface area (Å²) in [6.07, 6.45) is 5.96. The van der Waals surface area contributed by atoms with Gasteiger partial charge in [0.1, 0.15) is 5.82 Å². The molecule has 0 aliphatic heterocycles. The van der Waals surface area contributed by atoms with E-state index in [9.17, 15) is 4.39 Å². The molecule has 1 unspecified atom stereocenters. The van der Waals surface area contributed by atoms with Gasteiger partial charge in [0.25, 0.3) is 0 Å². The monoisotopic (exact) mass is 344 g/mol. The van der Waals surface area contributed by atoms with Crippen LogP contribution in [0.5, 0.6) is 11.5 Å². The van der Waals surface area contributed by atoms with Gasteiger partial charge in [-0.25, -0.2) is 4.39 Å². The lowest BCUT2D eigenvalue weighted by Gasteiger charge is -2.38. The molecule has 0 heterocycles. The van der Waals surface area contributed by atoms with E-state index in [1.165, 1.54) is 32.4 Å². The van der Waals surface area contributed by atoms with Gasteiger partial charge in [-0.1, -0.05) is 42.1 Å². The van der Waals surface area contributed by atoms with Crippen LogP contribution in [-0.2, 0) is 0 Å². The predicted molar refractivity (Wildman–Crippen MR) is 82.4 cm³/mol. The number of hydrogen-bond donors (Lipinski definition) is 0. The molecule has 0 bridgehead atoms. The highest BCUT2D eigenvalue weighted by Crippen LogP contribution is 2.51. The smallest absolute Gasteiger partial charge is 0.163 e. The number of hydrogen-bond acceptors (Lipinski definition) is 2. The standard InChI is InChI=1S/C16H22BrFO2/c1-16(7-5-4-6-8-16)15(17)11-9-13(19-2)14(20-3)10-12(11)18/h9-10,15H,4-8H2,1-3H3. The molecule has 1 saturated carbocycles. The fourth-order valence-corrected chi connectivity index (χ4v) is 3.86. The molecule has 1 aliphatic carbocycles. The van der Waals surface area contributed by atoms with Crippen molar-refractivity contribution in [2.45, 2.75) is 43.9 Å². The molecule has 0 radical (unpaired) electrons. The highest BCUT2D eigenvalue weighted by atomic mass is 79.9. The van der Waals surface area contributed by atoms with Crippen LogP contribution in [-0.4, -0.2) is 14.2 Å². The van der Waals surface area contributed by atoms with Crippen molar-refractivity contribution >= 4 is 15.9 Å². The molecule has 0 saturated heterocycles. The molecule has 2 nitrogen and oxygen atoms in total. The largest absolute Gasteiger partial charge is 0.493 e. The summed E-state index contributed by atoms with van der Waals surface area (Å²) >= 11 is 3.73. The zero-order valence-electron chi connectivity index (χ0n) is 12.3. The van der Waals surface area contributed by atoms with Gasteiger partial charge >= 0.3 is 0 Å². The lowest BCUT2D eigenvalue weighted by atomic mass is 9.72. The van der Waals surface area contributed by atoms with E-state index >= 15 is 0 Å². The Hall–Kier alpha value is -0.770. The van der Waals surface area contributed by atoms with E-state index < -0.39 is 0 Å². The van der Waals surface area contributed by atoms with Gasteiger partial charge < -0.3 is 9.47 Å². The Kier molecular flexibility index (Phi) is 4.95. The summed E-state index contributed by atoms with van der Waals surface area (Å²) in [6.45, 7) is 2.24. The fourth-order valence-electron chi connectivity index (χ4n) is 3.05. The number of rotatable bonds is 4. The van der Waals surface area contributed by atoms with Crippen molar-refractivity contribution in [2.24, 2.45) is 5.41 Å².